The number of rotatable bonds is 5. The molecule has 0 fully saturated rings. The van der Waals surface area contributed by atoms with Gasteiger partial charge in [-0.15, -0.1) is 0 Å². The molecule has 0 saturated carbocycles. The summed E-state index contributed by atoms with van der Waals surface area (Å²) in [6.07, 6.45) is 1.28. The van der Waals surface area contributed by atoms with Gasteiger partial charge in [-0.3, -0.25) is 4.90 Å². The number of aromatic amines is 1. The van der Waals surface area contributed by atoms with Gasteiger partial charge in [-0.05, 0) is 23.1 Å². The average molecular weight is 406 g/mol. The summed E-state index contributed by atoms with van der Waals surface area (Å²) in [6, 6.07) is 10.1. The summed E-state index contributed by atoms with van der Waals surface area (Å²) in [6.45, 7) is 4.85. The molecule has 0 atom stereocenters. The number of nitrogens with one attached hydrogen (secondary N) is 1. The molecule has 30 heavy (non-hydrogen) atoms. The van der Waals surface area contributed by atoms with Crippen LogP contribution in [0.5, 0.6) is 0 Å². The average Bonchev–Trinajstić information content (AvgIpc) is 3.34. The molecule has 1 aromatic carbocycles. The zero-order valence-electron chi connectivity index (χ0n) is 17.6. The molecule has 0 saturated heterocycles. The third-order valence-electron chi connectivity index (χ3n) is 5.05. The van der Waals surface area contributed by atoms with Crippen molar-refractivity contribution in [2.24, 2.45) is 18.7 Å². The number of amides is 1. The molecule has 0 unspecified atom stereocenters. The highest BCUT2D eigenvalue weighted by Crippen LogP contribution is 2.33. The van der Waals surface area contributed by atoms with Crippen molar-refractivity contribution in [3.05, 3.63) is 42.2 Å². The first-order valence-corrected chi connectivity index (χ1v) is 9.92. The van der Waals surface area contributed by atoms with Crippen molar-refractivity contribution >= 4 is 34.0 Å². The fourth-order valence-corrected chi connectivity index (χ4v) is 3.41. The maximum Gasteiger partial charge on any atom is 0.415 e. The molecule has 0 aliphatic carbocycles. The molecule has 156 valence electrons. The number of carbonyl (C=O) groups excluding carboxylic acids is 1. The van der Waals surface area contributed by atoms with E-state index in [-0.39, 0.29) is 5.92 Å². The normalized spacial score (nSPS) is 11.5. The van der Waals surface area contributed by atoms with Crippen molar-refractivity contribution in [2.75, 3.05) is 18.6 Å². The molecule has 4 rings (SSSR count). The Kier molecular flexibility index (Phi) is 5.17. The molecule has 0 spiro atoms. The van der Waals surface area contributed by atoms with E-state index >= 15 is 0 Å². The van der Waals surface area contributed by atoms with E-state index < -0.39 is 6.09 Å². The van der Waals surface area contributed by atoms with E-state index in [2.05, 4.69) is 16.0 Å². The highest BCUT2D eigenvalue weighted by Gasteiger charge is 2.22. The molecule has 3 N–H and O–H groups in total. The first kappa shape index (κ1) is 19.9. The highest BCUT2D eigenvalue weighted by atomic mass is 16.6. The summed E-state index contributed by atoms with van der Waals surface area (Å²) < 4.78 is 7.31. The third kappa shape index (κ3) is 3.50. The second-order valence-corrected chi connectivity index (χ2v) is 7.86. The Labute approximate surface area is 174 Å². The second kappa shape index (κ2) is 7.79. The topological polar surface area (TPSA) is 102 Å². The van der Waals surface area contributed by atoms with Crippen LogP contribution in [-0.4, -0.2) is 39.3 Å². The summed E-state index contributed by atoms with van der Waals surface area (Å²) in [5.74, 6) is 0.711. The summed E-state index contributed by atoms with van der Waals surface area (Å²) in [4.78, 5) is 26.5. The van der Waals surface area contributed by atoms with Gasteiger partial charge in [0.1, 0.15) is 11.2 Å². The Hall–Kier alpha value is -3.39. The van der Waals surface area contributed by atoms with Crippen molar-refractivity contribution in [1.29, 1.82) is 0 Å². The molecule has 0 aliphatic rings. The minimum atomic E-state index is -0.452. The van der Waals surface area contributed by atoms with Crippen molar-refractivity contribution in [2.45, 2.75) is 20.4 Å². The predicted molar refractivity (Wildman–Crippen MR) is 118 cm³/mol. The fourth-order valence-electron chi connectivity index (χ4n) is 3.41. The lowest BCUT2D eigenvalue weighted by atomic mass is 10.1. The van der Waals surface area contributed by atoms with Crippen molar-refractivity contribution in [3.8, 4) is 11.3 Å². The van der Waals surface area contributed by atoms with Crippen LogP contribution < -0.4 is 10.6 Å². The van der Waals surface area contributed by atoms with Gasteiger partial charge >= 0.3 is 6.09 Å². The lowest BCUT2D eigenvalue weighted by Gasteiger charge is -2.17. The molecule has 0 aliphatic heterocycles. The largest absolute Gasteiger partial charge is 0.449 e. The number of aryl methyl sites for hydroxylation is 1. The number of H-pyrrole nitrogens is 1. The van der Waals surface area contributed by atoms with E-state index in [1.54, 1.807) is 13.4 Å². The Morgan fingerprint density at radius 2 is 2.03 bits per heavy atom. The second-order valence-electron chi connectivity index (χ2n) is 7.86. The number of imidazole rings is 1. The SMILES string of the molecule is CC(C)COC(=O)N(C)c1nc2[nH]c(-c3ccc(CN)cc3)cc2c2c1ncn2C. The van der Waals surface area contributed by atoms with Crippen LogP contribution in [-0.2, 0) is 18.3 Å². The van der Waals surface area contributed by atoms with Crippen LogP contribution in [0.15, 0.2) is 36.7 Å². The van der Waals surface area contributed by atoms with E-state index in [9.17, 15) is 4.79 Å². The first-order chi connectivity index (χ1) is 14.4. The maximum atomic E-state index is 12.5. The number of anilines is 1. The molecule has 8 heteroatoms. The van der Waals surface area contributed by atoms with Crippen LogP contribution in [0.3, 0.4) is 0 Å². The Bertz CT molecular complexity index is 1210. The van der Waals surface area contributed by atoms with Gasteiger partial charge in [0.25, 0.3) is 0 Å². The van der Waals surface area contributed by atoms with E-state index in [0.29, 0.717) is 30.1 Å². The summed E-state index contributed by atoms with van der Waals surface area (Å²) in [5, 5.41) is 0.940. The molecule has 4 aromatic rings. The van der Waals surface area contributed by atoms with Gasteiger partial charge in [0.2, 0.25) is 0 Å². The van der Waals surface area contributed by atoms with Gasteiger partial charge < -0.3 is 20.0 Å². The van der Waals surface area contributed by atoms with Gasteiger partial charge in [-0.25, -0.2) is 14.8 Å². The predicted octanol–water partition coefficient (Wildman–Crippen LogP) is 3.80. The van der Waals surface area contributed by atoms with E-state index in [0.717, 1.165) is 27.7 Å². The summed E-state index contributed by atoms with van der Waals surface area (Å²) in [7, 11) is 3.58. The number of nitrogens with zero attached hydrogens (tertiary/aromatic N) is 4. The highest BCUT2D eigenvalue weighted by molar-refractivity contribution is 6.09. The number of nitrogens with two attached hydrogens (primary N) is 1. The number of pyridine rings is 1. The number of fused-ring (bicyclic) bond motifs is 3. The van der Waals surface area contributed by atoms with Crippen molar-refractivity contribution < 1.29 is 9.53 Å². The summed E-state index contributed by atoms with van der Waals surface area (Å²) >= 11 is 0. The number of hydrogen-bond acceptors (Lipinski definition) is 5. The molecular formula is C22H26N6O2. The lowest BCUT2D eigenvalue weighted by molar-refractivity contribution is 0.141. The summed E-state index contributed by atoms with van der Waals surface area (Å²) in [5.41, 5.74) is 11.0. The van der Waals surface area contributed by atoms with Crippen LogP contribution in [0.25, 0.3) is 33.3 Å². The van der Waals surface area contributed by atoms with E-state index in [4.69, 9.17) is 15.5 Å². The fraction of sp³-hybridized carbons (Fsp3) is 0.318. The molecule has 3 aromatic heterocycles. The molecule has 3 heterocycles. The minimum absolute atomic E-state index is 0.254. The molecule has 8 nitrogen and oxygen atoms in total. The number of benzene rings is 1. The standard InChI is InChI=1S/C22H26N6O2/c1-13(2)11-30-22(29)28(4)21-18-19(27(3)12-24-18)16-9-17(25-20(16)26-21)15-7-5-14(10-23)6-8-15/h5-9,12-13H,10-11,23H2,1-4H3,(H,25,26). The van der Waals surface area contributed by atoms with Crippen LogP contribution in [0.4, 0.5) is 10.6 Å². The number of ether oxygens (including phenoxy) is 1. The van der Waals surface area contributed by atoms with Crippen molar-refractivity contribution in [1.82, 2.24) is 19.5 Å². The lowest BCUT2D eigenvalue weighted by Crippen LogP contribution is -2.29. The number of aromatic nitrogens is 4. The number of carbonyl (C=O) groups is 1. The zero-order chi connectivity index (χ0) is 21.4. The molecular weight excluding hydrogens is 380 g/mol. The zero-order valence-corrected chi connectivity index (χ0v) is 17.6. The smallest absolute Gasteiger partial charge is 0.415 e. The minimum Gasteiger partial charge on any atom is -0.449 e. The number of hydrogen-bond donors (Lipinski definition) is 2. The Morgan fingerprint density at radius 3 is 2.70 bits per heavy atom. The Balaban J connectivity index is 1.81. The van der Waals surface area contributed by atoms with Crippen LogP contribution in [0.2, 0.25) is 0 Å². The first-order valence-electron chi connectivity index (χ1n) is 9.92. The van der Waals surface area contributed by atoms with Gasteiger partial charge in [-0.1, -0.05) is 38.1 Å². The third-order valence-corrected chi connectivity index (χ3v) is 5.05. The molecule has 0 radical (unpaired) electrons. The Morgan fingerprint density at radius 1 is 1.30 bits per heavy atom. The maximum absolute atomic E-state index is 12.5. The van der Waals surface area contributed by atoms with Crippen molar-refractivity contribution in [3.63, 3.8) is 0 Å². The van der Waals surface area contributed by atoms with Gasteiger partial charge in [0.15, 0.2) is 5.82 Å². The van der Waals surface area contributed by atoms with E-state index in [1.807, 2.05) is 49.7 Å². The molecule has 0 bridgehead atoms. The monoisotopic (exact) mass is 406 g/mol. The quantitative estimate of drug-likeness (QED) is 0.525. The van der Waals surface area contributed by atoms with E-state index in [1.165, 1.54) is 4.90 Å². The molecule has 1 amide bonds. The van der Waals surface area contributed by atoms with Crippen LogP contribution in [0, 0.1) is 5.92 Å². The van der Waals surface area contributed by atoms with Crippen LogP contribution in [0.1, 0.15) is 19.4 Å². The van der Waals surface area contributed by atoms with Crippen LogP contribution >= 0.6 is 0 Å². The van der Waals surface area contributed by atoms with Gasteiger partial charge in [0, 0.05) is 31.7 Å². The van der Waals surface area contributed by atoms with Gasteiger partial charge in [-0.2, -0.15) is 0 Å². The van der Waals surface area contributed by atoms with Gasteiger partial charge in [0.05, 0.1) is 18.5 Å².